The zero-order valence-corrected chi connectivity index (χ0v) is 25.9. The second-order valence-electron chi connectivity index (χ2n) is 13.1. The van der Waals surface area contributed by atoms with Crippen molar-refractivity contribution < 1.29 is 33.8 Å². The molecular formula is C34H45N3O7. The van der Waals surface area contributed by atoms with E-state index in [0.29, 0.717) is 32.4 Å². The van der Waals surface area contributed by atoms with Crippen LogP contribution in [0.4, 0.5) is 0 Å². The van der Waals surface area contributed by atoms with Gasteiger partial charge < -0.3 is 29.7 Å². The predicted molar refractivity (Wildman–Crippen MR) is 163 cm³/mol. The molecule has 2 saturated heterocycles. The molecule has 4 aliphatic heterocycles. The van der Waals surface area contributed by atoms with Crippen molar-refractivity contribution in [2.45, 2.75) is 88.7 Å². The van der Waals surface area contributed by atoms with Crippen LogP contribution in [0.1, 0.15) is 71.0 Å². The van der Waals surface area contributed by atoms with Gasteiger partial charge in [-0.25, -0.2) is 0 Å². The minimum Gasteiger partial charge on any atom is -0.455 e. The first-order chi connectivity index (χ1) is 21.1. The molecule has 238 valence electrons. The molecule has 2 fully saturated rings. The van der Waals surface area contributed by atoms with Gasteiger partial charge in [-0.05, 0) is 45.6 Å². The molecule has 0 saturated carbocycles. The monoisotopic (exact) mass is 607 g/mol. The molecule has 0 bridgehead atoms. The van der Waals surface area contributed by atoms with Gasteiger partial charge in [-0.2, -0.15) is 0 Å². The number of unbranched alkanes of at least 4 members (excludes halogenated alkanes) is 3. The molecule has 1 aromatic rings. The number of ether oxygens (including phenoxy) is 2. The van der Waals surface area contributed by atoms with E-state index < -0.39 is 47.2 Å². The number of hydrogen-bond acceptors (Lipinski definition) is 7. The Morgan fingerprint density at radius 2 is 1.75 bits per heavy atom. The van der Waals surface area contributed by atoms with Crippen molar-refractivity contribution in [3.8, 4) is 0 Å². The number of esters is 1. The highest BCUT2D eigenvalue weighted by Crippen LogP contribution is 2.53. The fraction of sp³-hybridized carbons (Fsp3) is 0.588. The van der Waals surface area contributed by atoms with Crippen molar-refractivity contribution in [2.75, 3.05) is 26.2 Å². The average molecular weight is 608 g/mol. The first-order valence-electron chi connectivity index (χ1n) is 15.9. The minimum absolute atomic E-state index is 0.0990. The fourth-order valence-electron chi connectivity index (χ4n) is 7.00. The number of nitrogens with zero attached hydrogens (tertiary/aromatic N) is 2. The zero-order valence-electron chi connectivity index (χ0n) is 25.9. The highest BCUT2D eigenvalue weighted by molar-refractivity contribution is 5.99. The second kappa shape index (κ2) is 13.2. The largest absolute Gasteiger partial charge is 0.455 e. The van der Waals surface area contributed by atoms with Gasteiger partial charge in [-0.3, -0.25) is 19.2 Å². The molecule has 1 aromatic carbocycles. The van der Waals surface area contributed by atoms with Gasteiger partial charge in [0.25, 0.3) is 0 Å². The first-order valence-corrected chi connectivity index (χ1v) is 15.9. The number of aliphatic hydroxyl groups is 1. The Bertz CT molecular complexity index is 1290. The van der Waals surface area contributed by atoms with Crippen LogP contribution in [-0.4, -0.2) is 88.1 Å². The van der Waals surface area contributed by atoms with Crippen LogP contribution in [0.5, 0.6) is 0 Å². The number of allylic oxidation sites excluding steroid dienone is 1. The van der Waals surface area contributed by atoms with Crippen molar-refractivity contribution in [3.63, 3.8) is 0 Å². The third-order valence-electron chi connectivity index (χ3n) is 9.16. The van der Waals surface area contributed by atoms with Crippen molar-refractivity contribution >= 4 is 23.7 Å². The highest BCUT2D eigenvalue weighted by Gasteiger charge is 2.72. The maximum atomic E-state index is 14.5. The van der Waals surface area contributed by atoms with Gasteiger partial charge >= 0.3 is 5.97 Å². The summed E-state index contributed by atoms with van der Waals surface area (Å²) in [6.45, 7) is 6.80. The smallest absolute Gasteiger partial charge is 0.313 e. The van der Waals surface area contributed by atoms with E-state index in [4.69, 9.17) is 9.47 Å². The van der Waals surface area contributed by atoms with Crippen LogP contribution >= 0.6 is 0 Å². The molecule has 10 heteroatoms. The summed E-state index contributed by atoms with van der Waals surface area (Å²) in [5, 5.41) is 12.1. The summed E-state index contributed by atoms with van der Waals surface area (Å²) >= 11 is 0. The Kier molecular flexibility index (Phi) is 9.60. The van der Waals surface area contributed by atoms with Crippen LogP contribution in [0.25, 0.3) is 0 Å². The summed E-state index contributed by atoms with van der Waals surface area (Å²) in [5.74, 6) is -3.20. The fourth-order valence-corrected chi connectivity index (χ4v) is 7.00. The highest BCUT2D eigenvalue weighted by atomic mass is 16.6. The number of rotatable bonds is 7. The lowest BCUT2D eigenvalue weighted by atomic mass is 9.77. The zero-order chi connectivity index (χ0) is 31.5. The maximum Gasteiger partial charge on any atom is 0.313 e. The van der Waals surface area contributed by atoms with E-state index in [1.54, 1.807) is 22.0 Å². The van der Waals surface area contributed by atoms with Crippen LogP contribution in [0.2, 0.25) is 0 Å². The average Bonchev–Trinajstić information content (AvgIpc) is 3.36. The minimum atomic E-state index is -1.35. The van der Waals surface area contributed by atoms with Crippen molar-refractivity contribution in [1.82, 2.24) is 15.1 Å². The number of cyclic esters (lactones) is 1. The quantitative estimate of drug-likeness (QED) is 0.277. The molecule has 10 nitrogen and oxygen atoms in total. The second-order valence-corrected chi connectivity index (χ2v) is 13.1. The van der Waals surface area contributed by atoms with E-state index in [0.717, 1.165) is 18.4 Å². The molecule has 4 aliphatic rings. The Morgan fingerprint density at radius 1 is 1.00 bits per heavy atom. The Labute approximate surface area is 259 Å². The van der Waals surface area contributed by atoms with E-state index >= 15 is 0 Å². The topological polar surface area (TPSA) is 125 Å². The van der Waals surface area contributed by atoms with Crippen LogP contribution in [-0.2, 0) is 28.7 Å². The van der Waals surface area contributed by atoms with E-state index in [1.807, 2.05) is 63.3 Å². The number of carbonyl (C=O) groups excluding carboxylic acids is 4. The predicted octanol–water partition coefficient (Wildman–Crippen LogP) is 3.07. The lowest BCUT2D eigenvalue weighted by Crippen LogP contribution is -2.58. The molecule has 44 heavy (non-hydrogen) atoms. The summed E-state index contributed by atoms with van der Waals surface area (Å²) in [7, 11) is 0. The first kappa shape index (κ1) is 31.9. The molecule has 2 N–H and O–H groups in total. The molecule has 1 spiro atoms. The Hall–Kier alpha value is -3.50. The number of nitrogens with one attached hydrogen (secondary N) is 1. The number of likely N-dealkylation sites (tertiary alicyclic amines) is 1. The lowest BCUT2D eigenvalue weighted by molar-refractivity contribution is -0.160. The van der Waals surface area contributed by atoms with Crippen molar-refractivity contribution in [1.29, 1.82) is 0 Å². The van der Waals surface area contributed by atoms with Gasteiger partial charge in [-0.1, -0.05) is 67.5 Å². The molecule has 6 atom stereocenters. The summed E-state index contributed by atoms with van der Waals surface area (Å²) in [5.41, 5.74) is -1.13. The lowest BCUT2D eigenvalue weighted by Gasteiger charge is -2.40. The Balaban J connectivity index is 1.55. The summed E-state index contributed by atoms with van der Waals surface area (Å²) in [6, 6.07) is 8.28. The molecule has 4 heterocycles. The summed E-state index contributed by atoms with van der Waals surface area (Å²) in [4.78, 5) is 59.0. The standard InChI is InChI=1S/C34H45N3O7/c1-33(2,3)37-20-13-18-34-28(30(40)36(29(34)31(37)41)19-11-4-5-12-21-38)27-24(44-34)16-9-10-17-26(39)35-22-25(43-32(27)42)23-14-7-6-8-15-23/h6-9,13-16,18,24-25,27-29,38H,4-5,10-12,17,19-22H2,1-3H3,(H,35,39)/b16-9-/t24-,25+,27+,28+,29-,34+/m1/s1. The summed E-state index contributed by atoms with van der Waals surface area (Å²) in [6.07, 6.45) is 9.33. The van der Waals surface area contributed by atoms with E-state index in [9.17, 15) is 24.3 Å². The number of benzene rings is 1. The van der Waals surface area contributed by atoms with Crippen molar-refractivity contribution in [2.24, 2.45) is 11.8 Å². The SMILES string of the molecule is CC(C)(C)N1CC=C[C@]23O[C@@H]4/C=C\CCC(=O)NC[C@@H](c5ccccc5)OC(=O)[C@@H]4[C@H]2C(=O)N(CCCCCCO)[C@@H]3C1=O. The van der Waals surface area contributed by atoms with Crippen LogP contribution in [0.15, 0.2) is 54.6 Å². The summed E-state index contributed by atoms with van der Waals surface area (Å²) < 4.78 is 12.9. The van der Waals surface area contributed by atoms with E-state index in [2.05, 4.69) is 5.32 Å². The number of carbonyl (C=O) groups is 4. The van der Waals surface area contributed by atoms with Gasteiger partial charge in [0.05, 0.1) is 18.6 Å². The van der Waals surface area contributed by atoms with Crippen molar-refractivity contribution in [3.05, 3.63) is 60.2 Å². The molecule has 3 amide bonds. The maximum absolute atomic E-state index is 14.5. The number of amides is 3. The number of hydrogen-bond donors (Lipinski definition) is 2. The molecule has 0 radical (unpaired) electrons. The normalized spacial score (nSPS) is 31.7. The molecular weight excluding hydrogens is 562 g/mol. The van der Waals surface area contributed by atoms with Crippen LogP contribution < -0.4 is 5.32 Å². The molecule has 0 aliphatic carbocycles. The Morgan fingerprint density at radius 3 is 2.48 bits per heavy atom. The third kappa shape index (κ3) is 6.19. The van der Waals surface area contributed by atoms with Gasteiger partial charge in [0.15, 0.2) is 0 Å². The molecule has 0 unspecified atom stereocenters. The number of fused-ring (bicyclic) bond motifs is 2. The molecule has 5 rings (SSSR count). The van der Waals surface area contributed by atoms with Gasteiger partial charge in [0, 0.05) is 31.7 Å². The molecule has 0 aromatic heterocycles. The third-order valence-corrected chi connectivity index (χ3v) is 9.16. The van der Waals surface area contributed by atoms with Gasteiger partial charge in [0.2, 0.25) is 17.7 Å². The van der Waals surface area contributed by atoms with E-state index in [-0.39, 0.29) is 37.3 Å². The van der Waals surface area contributed by atoms with Gasteiger partial charge in [0.1, 0.15) is 23.7 Å². The van der Waals surface area contributed by atoms with Crippen LogP contribution in [0.3, 0.4) is 0 Å². The van der Waals surface area contributed by atoms with Gasteiger partial charge in [-0.15, -0.1) is 0 Å². The number of aliphatic hydroxyl groups excluding tert-OH is 1. The van der Waals surface area contributed by atoms with E-state index in [1.165, 1.54) is 0 Å². The van der Waals surface area contributed by atoms with Crippen LogP contribution in [0, 0.1) is 11.8 Å².